The summed E-state index contributed by atoms with van der Waals surface area (Å²) in [6, 6.07) is 10.0. The van der Waals surface area contributed by atoms with Crippen LogP contribution in [0, 0.1) is 11.8 Å². The summed E-state index contributed by atoms with van der Waals surface area (Å²) in [5.41, 5.74) is 2.81. The number of pyridine rings is 1. The predicted molar refractivity (Wildman–Crippen MR) is 134 cm³/mol. The Morgan fingerprint density at radius 2 is 1.85 bits per heavy atom. The molecule has 1 N–H and O–H groups in total. The molecule has 2 fully saturated rings. The Hall–Kier alpha value is -2.94. The molecular formula is C25H27BrN6O2. The van der Waals surface area contributed by atoms with Crippen molar-refractivity contribution in [1.82, 2.24) is 20.5 Å². The molecule has 0 saturated carbocycles. The van der Waals surface area contributed by atoms with Gasteiger partial charge in [0.2, 0.25) is 17.7 Å². The molecule has 0 spiro atoms. The maximum atomic E-state index is 13.0. The number of halogens is 1. The molecule has 176 valence electrons. The Kier molecular flexibility index (Phi) is 5.72. The van der Waals surface area contributed by atoms with Gasteiger partial charge in [-0.3, -0.25) is 4.79 Å². The number of fused-ring (bicyclic) bond motifs is 4. The molecule has 9 heteroatoms. The average Bonchev–Trinajstić information content (AvgIpc) is 3.37. The van der Waals surface area contributed by atoms with E-state index in [0.29, 0.717) is 17.7 Å². The van der Waals surface area contributed by atoms with E-state index in [1.165, 1.54) is 0 Å². The van der Waals surface area contributed by atoms with Gasteiger partial charge < -0.3 is 19.5 Å². The van der Waals surface area contributed by atoms with Gasteiger partial charge >= 0.3 is 0 Å². The Morgan fingerprint density at radius 1 is 1.00 bits per heavy atom. The van der Waals surface area contributed by atoms with Crippen molar-refractivity contribution in [2.24, 2.45) is 11.8 Å². The minimum Gasteiger partial charge on any atom is -0.416 e. The predicted octanol–water partition coefficient (Wildman–Crippen LogP) is 4.12. The number of anilines is 2. The fourth-order valence-corrected chi connectivity index (χ4v) is 5.68. The van der Waals surface area contributed by atoms with Gasteiger partial charge in [-0.15, -0.1) is 10.2 Å². The number of piperidine rings is 2. The normalized spacial score (nSPS) is 22.6. The van der Waals surface area contributed by atoms with Crippen LogP contribution in [0.5, 0.6) is 0 Å². The lowest BCUT2D eigenvalue weighted by Gasteiger charge is -2.35. The van der Waals surface area contributed by atoms with Crippen LogP contribution >= 0.6 is 15.9 Å². The Morgan fingerprint density at radius 3 is 2.74 bits per heavy atom. The molecule has 4 aliphatic heterocycles. The van der Waals surface area contributed by atoms with Crippen LogP contribution in [0.2, 0.25) is 0 Å². The van der Waals surface area contributed by atoms with Crippen molar-refractivity contribution in [2.45, 2.75) is 25.7 Å². The number of rotatable bonds is 0. The van der Waals surface area contributed by atoms with Crippen molar-refractivity contribution < 1.29 is 9.21 Å². The smallest absolute Gasteiger partial charge is 0.250 e. The molecule has 1 atom stereocenters. The molecular weight excluding hydrogens is 496 g/mol. The topological polar surface area (TPSA) is 87.4 Å². The summed E-state index contributed by atoms with van der Waals surface area (Å²) >= 11 is 3.61. The molecule has 7 rings (SSSR count). The molecule has 4 aliphatic rings. The molecule has 3 aromatic rings. The highest BCUT2D eigenvalue weighted by atomic mass is 79.9. The van der Waals surface area contributed by atoms with Crippen LogP contribution in [0.4, 0.5) is 11.5 Å². The van der Waals surface area contributed by atoms with Crippen molar-refractivity contribution in [3.05, 3.63) is 41.0 Å². The van der Waals surface area contributed by atoms with Gasteiger partial charge in [0.15, 0.2) is 0 Å². The van der Waals surface area contributed by atoms with Gasteiger partial charge in [0, 0.05) is 54.9 Å². The van der Waals surface area contributed by atoms with Crippen molar-refractivity contribution in [2.75, 3.05) is 42.5 Å². The first-order chi connectivity index (χ1) is 16.6. The third-order valence-corrected chi connectivity index (χ3v) is 7.72. The van der Waals surface area contributed by atoms with Crippen molar-refractivity contribution in [1.29, 1.82) is 0 Å². The van der Waals surface area contributed by atoms with E-state index in [4.69, 9.17) is 4.42 Å². The summed E-state index contributed by atoms with van der Waals surface area (Å²) in [7, 11) is 0. The second-order valence-electron chi connectivity index (χ2n) is 9.44. The Balaban J connectivity index is 1.41. The number of amides is 1. The molecule has 34 heavy (non-hydrogen) atoms. The third kappa shape index (κ3) is 4.17. The van der Waals surface area contributed by atoms with E-state index in [0.717, 1.165) is 85.5 Å². The van der Waals surface area contributed by atoms with Crippen LogP contribution in [-0.4, -0.2) is 53.8 Å². The fraction of sp³-hybridized carbons (Fsp3) is 0.440. The van der Waals surface area contributed by atoms with Crippen molar-refractivity contribution in [3.63, 3.8) is 0 Å². The number of carbonyl (C=O) groups is 1. The van der Waals surface area contributed by atoms with Crippen molar-refractivity contribution in [3.8, 4) is 22.9 Å². The van der Waals surface area contributed by atoms with Gasteiger partial charge in [0.05, 0.1) is 11.3 Å². The number of benzene rings is 1. The van der Waals surface area contributed by atoms with Crippen LogP contribution in [0.15, 0.2) is 45.4 Å². The number of nitrogens with one attached hydrogen (secondary N) is 1. The number of nitrogens with zero attached hydrogens (tertiary/aromatic N) is 5. The molecule has 1 unspecified atom stereocenters. The minimum absolute atomic E-state index is 0.0544. The van der Waals surface area contributed by atoms with Crippen LogP contribution in [0.1, 0.15) is 25.7 Å². The lowest BCUT2D eigenvalue weighted by atomic mass is 9.93. The zero-order valence-electron chi connectivity index (χ0n) is 18.9. The summed E-state index contributed by atoms with van der Waals surface area (Å²) in [6.45, 7) is 4.18. The summed E-state index contributed by atoms with van der Waals surface area (Å²) in [4.78, 5) is 22.2. The summed E-state index contributed by atoms with van der Waals surface area (Å²) in [5.74, 6) is 2.56. The van der Waals surface area contributed by atoms with Gasteiger partial charge in [-0.1, -0.05) is 15.9 Å². The summed E-state index contributed by atoms with van der Waals surface area (Å²) in [5, 5.41) is 12.0. The van der Waals surface area contributed by atoms with E-state index in [1.807, 2.05) is 24.3 Å². The first-order valence-electron chi connectivity index (χ1n) is 12.0. The number of hydrogen-bond acceptors (Lipinski definition) is 7. The lowest BCUT2D eigenvalue weighted by Crippen LogP contribution is -2.44. The van der Waals surface area contributed by atoms with Gasteiger partial charge in [-0.05, 0) is 61.9 Å². The lowest BCUT2D eigenvalue weighted by molar-refractivity contribution is -0.125. The van der Waals surface area contributed by atoms with Crippen LogP contribution in [0.25, 0.3) is 22.9 Å². The maximum Gasteiger partial charge on any atom is 0.250 e. The second kappa shape index (κ2) is 9.02. The molecule has 8 bridgehead atoms. The van der Waals surface area contributed by atoms with Gasteiger partial charge in [0.1, 0.15) is 5.82 Å². The van der Waals surface area contributed by atoms with E-state index >= 15 is 0 Å². The minimum atomic E-state index is 0.0544. The number of carbonyl (C=O) groups excluding carboxylic acids is 1. The van der Waals surface area contributed by atoms with E-state index in [9.17, 15) is 4.79 Å². The van der Waals surface area contributed by atoms with Crippen molar-refractivity contribution >= 4 is 33.3 Å². The highest BCUT2D eigenvalue weighted by Crippen LogP contribution is 2.36. The van der Waals surface area contributed by atoms with E-state index in [1.54, 1.807) is 6.20 Å². The highest BCUT2D eigenvalue weighted by Gasteiger charge is 2.29. The van der Waals surface area contributed by atoms with Gasteiger partial charge in [-0.2, -0.15) is 0 Å². The average molecular weight is 523 g/mol. The molecule has 0 radical (unpaired) electrons. The van der Waals surface area contributed by atoms with Gasteiger partial charge in [-0.25, -0.2) is 4.98 Å². The SMILES string of the molecule is O=C1NCC2CCCN(C2)c2cc(ccn2)-c2nnc(o2)-c2ccc(Br)cc2N2CCC1CC2. The fourth-order valence-electron chi connectivity index (χ4n) is 5.33. The van der Waals surface area contributed by atoms with E-state index in [-0.39, 0.29) is 11.8 Å². The monoisotopic (exact) mass is 522 g/mol. The van der Waals surface area contributed by atoms with E-state index in [2.05, 4.69) is 52.3 Å². The summed E-state index contributed by atoms with van der Waals surface area (Å²) in [6.07, 6.45) is 5.67. The molecule has 6 heterocycles. The molecule has 2 aromatic heterocycles. The Labute approximate surface area is 206 Å². The number of hydrogen-bond donors (Lipinski definition) is 1. The first kappa shape index (κ1) is 21.6. The maximum absolute atomic E-state index is 13.0. The zero-order chi connectivity index (χ0) is 23.1. The van der Waals surface area contributed by atoms with Crippen LogP contribution in [-0.2, 0) is 4.79 Å². The molecule has 8 nitrogen and oxygen atoms in total. The molecule has 2 saturated heterocycles. The summed E-state index contributed by atoms with van der Waals surface area (Å²) < 4.78 is 7.18. The van der Waals surface area contributed by atoms with E-state index < -0.39 is 0 Å². The number of aromatic nitrogens is 3. The second-order valence-corrected chi connectivity index (χ2v) is 10.4. The Bertz CT molecular complexity index is 1210. The first-order valence-corrected chi connectivity index (χ1v) is 12.8. The molecule has 0 aliphatic carbocycles. The highest BCUT2D eigenvalue weighted by molar-refractivity contribution is 9.10. The van der Waals surface area contributed by atoms with Crippen LogP contribution in [0.3, 0.4) is 0 Å². The standard InChI is InChI=1S/C25H27BrN6O2/c26-19-3-4-20-21(13-19)31-10-6-17(7-11-31)23(33)28-14-16-2-1-9-32(15-16)22-12-18(5-8-27-22)24-29-30-25(20)34-24/h3-5,8,12-13,16-17H,1-2,6-7,9-11,14-15H2,(H,28,33). The largest absolute Gasteiger partial charge is 0.416 e. The van der Waals surface area contributed by atoms with Gasteiger partial charge in [0.25, 0.3) is 0 Å². The third-order valence-electron chi connectivity index (χ3n) is 7.22. The van der Waals surface area contributed by atoms with Crippen LogP contribution < -0.4 is 15.1 Å². The molecule has 1 aromatic carbocycles. The zero-order valence-corrected chi connectivity index (χ0v) is 20.5. The quantitative estimate of drug-likeness (QED) is 0.474. The molecule has 1 amide bonds.